The van der Waals surface area contributed by atoms with E-state index in [1.165, 1.54) is 16.5 Å². The zero-order valence-electron chi connectivity index (χ0n) is 12.7. The van der Waals surface area contributed by atoms with Gasteiger partial charge in [-0.2, -0.15) is 0 Å². The van der Waals surface area contributed by atoms with Crippen LogP contribution in [0.5, 0.6) is 0 Å². The number of hydrogen-bond donors (Lipinski definition) is 1. The van der Waals surface area contributed by atoms with Crippen molar-refractivity contribution in [3.8, 4) is 0 Å². The van der Waals surface area contributed by atoms with Crippen molar-refractivity contribution >= 4 is 11.0 Å². The van der Waals surface area contributed by atoms with Crippen molar-refractivity contribution in [2.24, 2.45) is 5.92 Å². The van der Waals surface area contributed by atoms with Gasteiger partial charge in [0.05, 0.1) is 6.04 Å². The van der Waals surface area contributed by atoms with Crippen LogP contribution < -0.4 is 5.32 Å². The molecule has 2 aromatic rings. The molecule has 2 heteroatoms. The monoisotopic (exact) mass is 259 g/mol. The van der Waals surface area contributed by atoms with E-state index in [0.29, 0.717) is 12.0 Å². The van der Waals surface area contributed by atoms with E-state index in [-0.39, 0.29) is 0 Å². The molecule has 1 aromatic carbocycles. The Morgan fingerprint density at radius 1 is 1.16 bits per heavy atom. The summed E-state index contributed by atoms with van der Waals surface area (Å²) < 4.78 is 6.11. The molecule has 0 aliphatic carbocycles. The van der Waals surface area contributed by atoms with Crippen LogP contribution in [0.3, 0.4) is 0 Å². The first-order chi connectivity index (χ1) is 9.02. The molecule has 0 saturated heterocycles. The van der Waals surface area contributed by atoms with Crippen LogP contribution in [-0.2, 0) is 0 Å². The number of rotatable bonds is 5. The van der Waals surface area contributed by atoms with E-state index in [0.717, 1.165) is 24.3 Å². The Bertz CT molecular complexity index is 554. The molecule has 1 heterocycles. The molecule has 1 unspecified atom stereocenters. The summed E-state index contributed by atoms with van der Waals surface area (Å²) >= 11 is 0. The summed E-state index contributed by atoms with van der Waals surface area (Å²) in [4.78, 5) is 0. The molecule has 2 nitrogen and oxygen atoms in total. The fourth-order valence-corrected chi connectivity index (χ4v) is 2.65. The van der Waals surface area contributed by atoms with E-state index < -0.39 is 0 Å². The molecule has 104 valence electrons. The number of hydrogen-bond acceptors (Lipinski definition) is 2. The van der Waals surface area contributed by atoms with Gasteiger partial charge in [0.2, 0.25) is 0 Å². The predicted molar refractivity (Wildman–Crippen MR) is 81.6 cm³/mol. The second-order valence-electron chi connectivity index (χ2n) is 5.82. The van der Waals surface area contributed by atoms with E-state index in [1.54, 1.807) is 0 Å². The van der Waals surface area contributed by atoms with Crippen molar-refractivity contribution in [1.29, 1.82) is 0 Å². The van der Waals surface area contributed by atoms with Crippen LogP contribution in [-0.4, -0.2) is 6.54 Å². The lowest BCUT2D eigenvalue weighted by molar-refractivity contribution is 0.351. The predicted octanol–water partition coefficient (Wildman–Crippen LogP) is 4.75. The topological polar surface area (TPSA) is 25.2 Å². The maximum atomic E-state index is 6.11. The Labute approximate surface area is 116 Å². The summed E-state index contributed by atoms with van der Waals surface area (Å²) in [6.45, 7) is 11.9. The third kappa shape index (κ3) is 3.01. The third-order valence-electron chi connectivity index (χ3n) is 3.55. The zero-order chi connectivity index (χ0) is 14.0. The lowest BCUT2D eigenvalue weighted by Gasteiger charge is -2.19. The second-order valence-corrected chi connectivity index (χ2v) is 5.82. The fourth-order valence-electron chi connectivity index (χ4n) is 2.65. The maximum Gasteiger partial charge on any atom is 0.137 e. The van der Waals surface area contributed by atoms with Crippen molar-refractivity contribution < 1.29 is 4.42 Å². The molecular formula is C17H25NO. The quantitative estimate of drug-likeness (QED) is 0.838. The van der Waals surface area contributed by atoms with Gasteiger partial charge in [-0.25, -0.2) is 0 Å². The molecule has 0 spiro atoms. The van der Waals surface area contributed by atoms with Gasteiger partial charge in [-0.15, -0.1) is 0 Å². The average molecular weight is 259 g/mol. The summed E-state index contributed by atoms with van der Waals surface area (Å²) in [6, 6.07) is 6.88. The molecule has 0 amide bonds. The van der Waals surface area contributed by atoms with Gasteiger partial charge in [0.25, 0.3) is 0 Å². The minimum Gasteiger partial charge on any atom is -0.459 e. The van der Waals surface area contributed by atoms with E-state index in [1.807, 2.05) is 0 Å². The van der Waals surface area contributed by atoms with E-state index >= 15 is 0 Å². The highest BCUT2D eigenvalue weighted by Crippen LogP contribution is 2.30. The van der Waals surface area contributed by atoms with Crippen LogP contribution in [0.25, 0.3) is 11.0 Å². The van der Waals surface area contributed by atoms with Gasteiger partial charge < -0.3 is 9.73 Å². The summed E-state index contributed by atoms with van der Waals surface area (Å²) in [6.07, 6.45) is 1.14. The van der Waals surface area contributed by atoms with Crippen molar-refractivity contribution in [3.05, 3.63) is 35.1 Å². The molecule has 0 aliphatic heterocycles. The van der Waals surface area contributed by atoms with E-state index in [2.05, 4.69) is 58.1 Å². The lowest BCUT2D eigenvalue weighted by Crippen LogP contribution is -2.25. The van der Waals surface area contributed by atoms with Gasteiger partial charge in [-0.05, 0) is 50.4 Å². The molecule has 1 aromatic heterocycles. The second kappa shape index (κ2) is 5.79. The minimum absolute atomic E-state index is 0.298. The minimum atomic E-state index is 0.298. The smallest absolute Gasteiger partial charge is 0.137 e. The third-order valence-corrected chi connectivity index (χ3v) is 3.55. The molecule has 1 atom stereocenters. The maximum absolute atomic E-state index is 6.11. The Balaban J connectivity index is 2.40. The highest BCUT2D eigenvalue weighted by atomic mass is 16.3. The van der Waals surface area contributed by atoms with Crippen molar-refractivity contribution in [1.82, 2.24) is 5.32 Å². The average Bonchev–Trinajstić information content (AvgIpc) is 2.73. The summed E-state index contributed by atoms with van der Waals surface area (Å²) in [5.41, 5.74) is 3.55. The number of aryl methyl sites for hydroxylation is 2. The van der Waals surface area contributed by atoms with Gasteiger partial charge in [-0.1, -0.05) is 32.4 Å². The molecule has 0 aliphatic rings. The van der Waals surface area contributed by atoms with Gasteiger partial charge in [0.15, 0.2) is 0 Å². The van der Waals surface area contributed by atoms with E-state index in [9.17, 15) is 0 Å². The van der Waals surface area contributed by atoms with Crippen molar-refractivity contribution in [3.63, 3.8) is 0 Å². The lowest BCUT2D eigenvalue weighted by atomic mass is 10.0. The molecule has 0 saturated carbocycles. The van der Waals surface area contributed by atoms with Crippen LogP contribution in [0.1, 0.15) is 50.1 Å². The van der Waals surface area contributed by atoms with Gasteiger partial charge >= 0.3 is 0 Å². The van der Waals surface area contributed by atoms with Crippen LogP contribution >= 0.6 is 0 Å². The number of nitrogens with one attached hydrogen (secondary N) is 1. The first-order valence-corrected chi connectivity index (χ1v) is 7.27. The number of furan rings is 1. The Morgan fingerprint density at radius 2 is 1.89 bits per heavy atom. The van der Waals surface area contributed by atoms with Crippen LogP contribution in [0.2, 0.25) is 0 Å². The van der Waals surface area contributed by atoms with Gasteiger partial charge in [0.1, 0.15) is 11.3 Å². The van der Waals surface area contributed by atoms with Crippen molar-refractivity contribution in [2.45, 2.75) is 47.1 Å². The molecule has 1 N–H and O–H groups in total. The molecule has 2 rings (SSSR count). The summed E-state index contributed by atoms with van der Waals surface area (Å²) in [5.74, 6) is 1.58. The molecule has 0 radical (unpaired) electrons. The standard InChI is InChI=1S/C17H25NO/c1-6-7-18-16(11(2)3)15-10-14-9-12(4)8-13(5)17(14)19-15/h8-11,16,18H,6-7H2,1-5H3. The normalized spacial score (nSPS) is 13.4. The first-order valence-electron chi connectivity index (χ1n) is 7.27. The van der Waals surface area contributed by atoms with Crippen LogP contribution in [0.4, 0.5) is 0 Å². The molecule has 0 fully saturated rings. The van der Waals surface area contributed by atoms with Gasteiger partial charge in [-0.3, -0.25) is 0 Å². The molecule has 19 heavy (non-hydrogen) atoms. The van der Waals surface area contributed by atoms with Crippen LogP contribution in [0.15, 0.2) is 22.6 Å². The first kappa shape index (κ1) is 14.1. The van der Waals surface area contributed by atoms with E-state index in [4.69, 9.17) is 4.42 Å². The number of fused-ring (bicyclic) bond motifs is 1. The molecular weight excluding hydrogens is 234 g/mol. The largest absolute Gasteiger partial charge is 0.459 e. The Morgan fingerprint density at radius 3 is 2.53 bits per heavy atom. The summed E-state index contributed by atoms with van der Waals surface area (Å²) in [7, 11) is 0. The molecule has 0 bridgehead atoms. The fraction of sp³-hybridized carbons (Fsp3) is 0.529. The van der Waals surface area contributed by atoms with Crippen LogP contribution in [0, 0.1) is 19.8 Å². The summed E-state index contributed by atoms with van der Waals surface area (Å²) in [5, 5.41) is 4.81. The van der Waals surface area contributed by atoms with Gasteiger partial charge in [0, 0.05) is 5.39 Å². The SMILES string of the molecule is CCCNC(c1cc2cc(C)cc(C)c2o1)C(C)C. The Hall–Kier alpha value is -1.28. The zero-order valence-corrected chi connectivity index (χ0v) is 12.7. The Kier molecular flexibility index (Phi) is 4.31. The highest BCUT2D eigenvalue weighted by Gasteiger charge is 2.19. The van der Waals surface area contributed by atoms with Crippen molar-refractivity contribution in [2.75, 3.05) is 6.54 Å². The highest BCUT2D eigenvalue weighted by molar-refractivity contribution is 5.82. The number of benzene rings is 1.